The van der Waals surface area contributed by atoms with Crippen molar-refractivity contribution in [2.24, 2.45) is 0 Å². The lowest BCUT2D eigenvalue weighted by atomic mass is 10.2. The average Bonchev–Trinajstić information content (AvgIpc) is 2.61. The first-order valence-electron chi connectivity index (χ1n) is 7.86. The fourth-order valence-corrected chi connectivity index (χ4v) is 2.01. The van der Waals surface area contributed by atoms with Gasteiger partial charge < -0.3 is 19.7 Å². The molecule has 0 aliphatic rings. The van der Waals surface area contributed by atoms with E-state index in [4.69, 9.17) is 9.47 Å². The molecule has 1 heterocycles. The number of benzene rings is 1. The van der Waals surface area contributed by atoms with Gasteiger partial charge in [-0.2, -0.15) is 0 Å². The first-order valence-corrected chi connectivity index (χ1v) is 7.86. The number of urea groups is 1. The van der Waals surface area contributed by atoms with Crippen LogP contribution in [0.1, 0.15) is 12.5 Å². The van der Waals surface area contributed by atoms with E-state index in [9.17, 15) is 4.79 Å². The number of hydrogen-bond donors (Lipinski definition) is 1. The maximum absolute atomic E-state index is 12.0. The molecule has 0 aliphatic carbocycles. The summed E-state index contributed by atoms with van der Waals surface area (Å²) in [4.78, 5) is 17.7. The molecule has 6 heteroatoms. The van der Waals surface area contributed by atoms with E-state index in [1.165, 1.54) is 5.56 Å². The minimum Gasteiger partial charge on any atom is -0.439 e. The minimum absolute atomic E-state index is 0.210. The van der Waals surface area contributed by atoms with Crippen molar-refractivity contribution in [3.05, 3.63) is 48.2 Å². The molecule has 0 aliphatic heterocycles. The number of pyridine rings is 1. The van der Waals surface area contributed by atoms with Crippen molar-refractivity contribution in [3.63, 3.8) is 0 Å². The molecule has 0 radical (unpaired) electrons. The summed E-state index contributed by atoms with van der Waals surface area (Å²) >= 11 is 0. The fourth-order valence-electron chi connectivity index (χ4n) is 2.01. The highest BCUT2D eigenvalue weighted by molar-refractivity contribution is 5.88. The number of nitrogens with one attached hydrogen (secondary N) is 1. The van der Waals surface area contributed by atoms with Crippen LogP contribution in [0, 0.1) is 0 Å². The van der Waals surface area contributed by atoms with E-state index in [1.807, 2.05) is 18.2 Å². The third-order valence-corrected chi connectivity index (χ3v) is 3.49. The summed E-state index contributed by atoms with van der Waals surface area (Å²) < 4.78 is 10.7. The second-order valence-corrected chi connectivity index (χ2v) is 5.33. The Balaban J connectivity index is 1.93. The maximum atomic E-state index is 12.0. The van der Waals surface area contributed by atoms with Crippen LogP contribution in [0.15, 0.2) is 42.6 Å². The predicted molar refractivity (Wildman–Crippen MR) is 93.7 cm³/mol. The normalized spacial score (nSPS) is 10.3. The van der Waals surface area contributed by atoms with Gasteiger partial charge in [0, 0.05) is 26.8 Å². The largest absolute Gasteiger partial charge is 0.439 e. The zero-order valence-corrected chi connectivity index (χ0v) is 14.3. The van der Waals surface area contributed by atoms with Crippen molar-refractivity contribution in [1.82, 2.24) is 9.88 Å². The first kappa shape index (κ1) is 17.7. The molecule has 1 aromatic heterocycles. The molecule has 24 heavy (non-hydrogen) atoms. The van der Waals surface area contributed by atoms with Crippen LogP contribution in [0.2, 0.25) is 0 Å². The summed E-state index contributed by atoms with van der Waals surface area (Å²) in [6.45, 7) is 3.11. The molecule has 1 N–H and O–H groups in total. The lowest BCUT2D eigenvalue weighted by Crippen LogP contribution is -2.33. The van der Waals surface area contributed by atoms with Crippen LogP contribution < -0.4 is 10.1 Å². The molecule has 0 bridgehead atoms. The SMILES string of the molecule is CCc1cccc(Oc2ccc(NC(=O)N(C)CCOC)cn2)c1. The zero-order valence-electron chi connectivity index (χ0n) is 14.3. The summed E-state index contributed by atoms with van der Waals surface area (Å²) in [5, 5.41) is 2.77. The Morgan fingerprint density at radius 3 is 2.79 bits per heavy atom. The van der Waals surface area contributed by atoms with E-state index < -0.39 is 0 Å². The Hall–Kier alpha value is -2.60. The number of aromatic nitrogens is 1. The third-order valence-electron chi connectivity index (χ3n) is 3.49. The smallest absolute Gasteiger partial charge is 0.321 e. The summed E-state index contributed by atoms with van der Waals surface area (Å²) in [5.74, 6) is 1.23. The Kier molecular flexibility index (Phi) is 6.57. The van der Waals surface area contributed by atoms with Crippen molar-refractivity contribution in [1.29, 1.82) is 0 Å². The number of carbonyl (C=O) groups excluding carboxylic acids is 1. The topological polar surface area (TPSA) is 63.7 Å². The predicted octanol–water partition coefficient (Wildman–Crippen LogP) is 3.55. The lowest BCUT2D eigenvalue weighted by molar-refractivity contribution is 0.165. The van der Waals surface area contributed by atoms with Gasteiger partial charge in [0.1, 0.15) is 5.75 Å². The second-order valence-electron chi connectivity index (χ2n) is 5.33. The number of nitrogens with zero attached hydrogens (tertiary/aromatic N) is 2. The van der Waals surface area contributed by atoms with Gasteiger partial charge in [0.25, 0.3) is 0 Å². The van der Waals surface area contributed by atoms with Crippen molar-refractivity contribution in [3.8, 4) is 11.6 Å². The van der Waals surface area contributed by atoms with Crippen molar-refractivity contribution in [2.75, 3.05) is 32.6 Å². The maximum Gasteiger partial charge on any atom is 0.321 e. The molecule has 0 unspecified atom stereocenters. The standard InChI is InChI=1S/C18H23N3O3/c1-4-14-6-5-7-16(12-14)24-17-9-8-15(13-19-17)20-18(22)21(2)10-11-23-3/h5-9,12-13H,4,10-11H2,1-3H3,(H,20,22). The van der Waals surface area contributed by atoms with Crippen LogP contribution in [0.25, 0.3) is 0 Å². The summed E-state index contributed by atoms with van der Waals surface area (Å²) in [6.07, 6.45) is 2.52. The summed E-state index contributed by atoms with van der Waals surface area (Å²) in [7, 11) is 3.31. The van der Waals surface area contributed by atoms with Crippen LogP contribution in [-0.2, 0) is 11.2 Å². The zero-order chi connectivity index (χ0) is 17.4. The van der Waals surface area contributed by atoms with E-state index in [0.29, 0.717) is 24.7 Å². The minimum atomic E-state index is -0.210. The molecule has 0 saturated carbocycles. The van der Waals surface area contributed by atoms with E-state index in [0.717, 1.165) is 12.2 Å². The third kappa shape index (κ3) is 5.24. The molecule has 2 amide bonds. The molecule has 2 rings (SSSR count). The van der Waals surface area contributed by atoms with Gasteiger partial charge in [0.2, 0.25) is 5.88 Å². The number of likely N-dealkylation sites (N-methyl/N-ethyl adjacent to an activating group) is 1. The lowest BCUT2D eigenvalue weighted by Gasteiger charge is -2.17. The highest BCUT2D eigenvalue weighted by Gasteiger charge is 2.08. The molecule has 0 spiro atoms. The summed E-state index contributed by atoms with van der Waals surface area (Å²) in [6, 6.07) is 11.2. The number of carbonyl (C=O) groups is 1. The van der Waals surface area contributed by atoms with Crippen LogP contribution in [-0.4, -0.2) is 43.2 Å². The first-order chi connectivity index (χ1) is 11.6. The van der Waals surface area contributed by atoms with Gasteiger partial charge in [-0.1, -0.05) is 19.1 Å². The number of rotatable bonds is 7. The number of amides is 2. The van der Waals surface area contributed by atoms with Crippen LogP contribution in [0.3, 0.4) is 0 Å². The molecular weight excluding hydrogens is 306 g/mol. The van der Waals surface area contributed by atoms with Crippen molar-refractivity contribution < 1.29 is 14.3 Å². The second kappa shape index (κ2) is 8.88. The highest BCUT2D eigenvalue weighted by Crippen LogP contribution is 2.21. The van der Waals surface area contributed by atoms with E-state index in [1.54, 1.807) is 37.4 Å². The summed E-state index contributed by atoms with van der Waals surface area (Å²) in [5.41, 5.74) is 1.81. The van der Waals surface area contributed by atoms with Gasteiger partial charge in [-0.15, -0.1) is 0 Å². The monoisotopic (exact) mass is 329 g/mol. The molecule has 1 aromatic carbocycles. The molecule has 2 aromatic rings. The molecule has 0 fully saturated rings. The number of hydrogen-bond acceptors (Lipinski definition) is 4. The van der Waals surface area contributed by atoms with Gasteiger partial charge in [-0.05, 0) is 30.2 Å². The van der Waals surface area contributed by atoms with E-state index >= 15 is 0 Å². The Morgan fingerprint density at radius 2 is 2.12 bits per heavy atom. The van der Waals surface area contributed by atoms with Crippen LogP contribution in [0.4, 0.5) is 10.5 Å². The molecule has 0 atom stereocenters. The van der Waals surface area contributed by atoms with Gasteiger partial charge in [0.05, 0.1) is 18.5 Å². The van der Waals surface area contributed by atoms with Crippen LogP contribution >= 0.6 is 0 Å². The van der Waals surface area contributed by atoms with Crippen molar-refractivity contribution in [2.45, 2.75) is 13.3 Å². The van der Waals surface area contributed by atoms with Gasteiger partial charge in [0.15, 0.2) is 0 Å². The van der Waals surface area contributed by atoms with Crippen LogP contribution in [0.5, 0.6) is 11.6 Å². The number of methoxy groups -OCH3 is 1. The molecule has 128 valence electrons. The Bertz CT molecular complexity index is 659. The molecule has 0 saturated heterocycles. The average molecular weight is 329 g/mol. The molecular formula is C18H23N3O3. The number of anilines is 1. The number of aryl methyl sites for hydroxylation is 1. The van der Waals surface area contributed by atoms with Gasteiger partial charge in [-0.25, -0.2) is 9.78 Å². The van der Waals surface area contributed by atoms with E-state index in [2.05, 4.69) is 23.3 Å². The number of ether oxygens (including phenoxy) is 2. The van der Waals surface area contributed by atoms with E-state index in [-0.39, 0.29) is 6.03 Å². The fraction of sp³-hybridized carbons (Fsp3) is 0.333. The molecule has 6 nitrogen and oxygen atoms in total. The quantitative estimate of drug-likeness (QED) is 0.844. The van der Waals surface area contributed by atoms with Gasteiger partial charge in [-0.3, -0.25) is 0 Å². The Morgan fingerprint density at radius 1 is 1.29 bits per heavy atom. The van der Waals surface area contributed by atoms with Crippen molar-refractivity contribution >= 4 is 11.7 Å². The van der Waals surface area contributed by atoms with Gasteiger partial charge >= 0.3 is 6.03 Å². The Labute approximate surface area is 142 Å². The highest BCUT2D eigenvalue weighted by atomic mass is 16.5.